The molecule has 1 saturated heterocycles. The van der Waals surface area contributed by atoms with Crippen molar-refractivity contribution in [1.29, 1.82) is 0 Å². The number of ether oxygens (including phenoxy) is 1. The molecule has 0 spiro atoms. The fourth-order valence-corrected chi connectivity index (χ4v) is 3.37. The Hall–Kier alpha value is -3.18. The van der Waals surface area contributed by atoms with E-state index in [1.807, 2.05) is 71.6 Å². The highest BCUT2D eigenvalue weighted by molar-refractivity contribution is 5.89. The van der Waals surface area contributed by atoms with Crippen molar-refractivity contribution in [2.24, 2.45) is 0 Å². The monoisotopic (exact) mass is 374 g/mol. The Balaban J connectivity index is 1.38. The van der Waals surface area contributed by atoms with E-state index >= 15 is 0 Å². The first kappa shape index (κ1) is 18.2. The van der Waals surface area contributed by atoms with Gasteiger partial charge in [0.1, 0.15) is 0 Å². The van der Waals surface area contributed by atoms with Gasteiger partial charge in [-0.1, -0.05) is 30.3 Å². The summed E-state index contributed by atoms with van der Waals surface area (Å²) in [5.74, 6) is -0.0469. The van der Waals surface area contributed by atoms with E-state index in [1.165, 1.54) is 0 Å². The van der Waals surface area contributed by atoms with Crippen LogP contribution in [-0.4, -0.2) is 32.2 Å². The lowest BCUT2D eigenvalue weighted by atomic mass is 10.1. The van der Waals surface area contributed by atoms with Gasteiger partial charge >= 0.3 is 0 Å². The molecule has 0 unspecified atom stereocenters. The summed E-state index contributed by atoms with van der Waals surface area (Å²) in [5.41, 5.74) is 4.19. The number of benzene rings is 2. The average molecular weight is 374 g/mol. The molecule has 28 heavy (non-hydrogen) atoms. The summed E-state index contributed by atoms with van der Waals surface area (Å²) in [4.78, 5) is 14.7. The summed E-state index contributed by atoms with van der Waals surface area (Å²) >= 11 is 0. The molecule has 5 heteroatoms. The Labute approximate surface area is 165 Å². The highest BCUT2D eigenvalue weighted by Crippen LogP contribution is 2.19. The Kier molecular flexibility index (Phi) is 5.64. The number of nitrogens with one attached hydrogen (secondary N) is 1. The van der Waals surface area contributed by atoms with Crippen LogP contribution >= 0.6 is 0 Å². The fraction of sp³-hybridized carbons (Fsp3) is 0.217. The van der Waals surface area contributed by atoms with Gasteiger partial charge in [-0.2, -0.15) is 4.57 Å². The number of nitrogens with zero attached hydrogens (tertiary/aromatic N) is 2. The second-order valence-corrected chi connectivity index (χ2v) is 6.83. The standard InChI is InChI=1S/C23H23N3O2/c27-23(18-25-12-4-7-20(17-25)19-5-2-1-3-6-19)24-21-8-10-22(11-9-21)26-13-15-28-16-14-26/h1-12,17H,13-16,18H2/p+1. The van der Waals surface area contributed by atoms with Crippen LogP contribution in [-0.2, 0) is 16.1 Å². The van der Waals surface area contributed by atoms with Crippen LogP contribution < -0.4 is 14.8 Å². The minimum Gasteiger partial charge on any atom is -0.378 e. The molecule has 0 bridgehead atoms. The highest BCUT2D eigenvalue weighted by atomic mass is 16.5. The molecule has 1 amide bonds. The van der Waals surface area contributed by atoms with Crippen LogP contribution in [0.25, 0.3) is 11.1 Å². The number of rotatable bonds is 5. The van der Waals surface area contributed by atoms with Crippen molar-refractivity contribution in [3.05, 3.63) is 79.1 Å². The zero-order valence-electron chi connectivity index (χ0n) is 15.8. The molecule has 1 fully saturated rings. The third-order valence-electron chi connectivity index (χ3n) is 4.82. The second-order valence-electron chi connectivity index (χ2n) is 6.83. The van der Waals surface area contributed by atoms with E-state index < -0.39 is 0 Å². The molecule has 1 aliphatic heterocycles. The topological polar surface area (TPSA) is 45.5 Å². The zero-order chi connectivity index (χ0) is 19.2. The maximum absolute atomic E-state index is 12.5. The summed E-state index contributed by atoms with van der Waals surface area (Å²) in [7, 11) is 0. The van der Waals surface area contributed by atoms with Crippen LogP contribution in [0.15, 0.2) is 79.1 Å². The van der Waals surface area contributed by atoms with Gasteiger partial charge in [0.15, 0.2) is 12.4 Å². The number of amides is 1. The Bertz CT molecular complexity index is 920. The lowest BCUT2D eigenvalue weighted by Crippen LogP contribution is -2.39. The number of morpholine rings is 1. The van der Waals surface area contributed by atoms with Gasteiger partial charge in [0.05, 0.1) is 13.2 Å². The number of hydrogen-bond acceptors (Lipinski definition) is 3. The molecular formula is C23H24N3O2+. The first-order valence-electron chi connectivity index (χ1n) is 9.55. The van der Waals surface area contributed by atoms with Crippen molar-refractivity contribution in [1.82, 2.24) is 0 Å². The molecule has 4 rings (SSSR count). The maximum atomic E-state index is 12.5. The van der Waals surface area contributed by atoms with Gasteiger partial charge in [-0.05, 0) is 35.9 Å². The number of aromatic nitrogens is 1. The minimum absolute atomic E-state index is 0.0469. The van der Waals surface area contributed by atoms with Crippen LogP contribution in [0.4, 0.5) is 11.4 Å². The summed E-state index contributed by atoms with van der Waals surface area (Å²) in [6.45, 7) is 3.60. The summed E-state index contributed by atoms with van der Waals surface area (Å²) in [5, 5.41) is 2.98. The first-order chi connectivity index (χ1) is 13.8. The zero-order valence-corrected chi connectivity index (χ0v) is 15.8. The van der Waals surface area contributed by atoms with E-state index in [1.54, 1.807) is 0 Å². The van der Waals surface area contributed by atoms with Gasteiger partial charge in [0.25, 0.3) is 5.91 Å². The van der Waals surface area contributed by atoms with Crippen molar-refractivity contribution in [2.75, 3.05) is 36.5 Å². The predicted octanol–water partition coefficient (Wildman–Crippen LogP) is 3.12. The van der Waals surface area contributed by atoms with Gasteiger partial charge in [-0.3, -0.25) is 4.79 Å². The van der Waals surface area contributed by atoms with Crippen LogP contribution in [0.2, 0.25) is 0 Å². The molecular weight excluding hydrogens is 350 g/mol. The normalized spacial score (nSPS) is 13.9. The largest absolute Gasteiger partial charge is 0.378 e. The molecule has 2 aromatic carbocycles. The van der Waals surface area contributed by atoms with E-state index in [0.29, 0.717) is 0 Å². The number of carbonyl (C=O) groups is 1. The molecule has 1 aliphatic rings. The fourth-order valence-electron chi connectivity index (χ4n) is 3.37. The predicted molar refractivity (Wildman–Crippen MR) is 110 cm³/mol. The minimum atomic E-state index is -0.0469. The summed E-state index contributed by atoms with van der Waals surface area (Å²) in [6, 6.07) is 22.2. The number of anilines is 2. The molecule has 5 nitrogen and oxygen atoms in total. The molecule has 0 saturated carbocycles. The molecule has 142 valence electrons. The summed E-state index contributed by atoms with van der Waals surface area (Å²) in [6.07, 6.45) is 3.91. The maximum Gasteiger partial charge on any atom is 0.290 e. The van der Waals surface area contributed by atoms with Crippen LogP contribution in [0.1, 0.15) is 0 Å². The molecule has 0 radical (unpaired) electrons. The molecule has 2 heterocycles. The van der Waals surface area contributed by atoms with Crippen LogP contribution in [0, 0.1) is 0 Å². The highest BCUT2D eigenvalue weighted by Gasteiger charge is 2.13. The van der Waals surface area contributed by atoms with Crippen molar-refractivity contribution in [3.8, 4) is 11.1 Å². The Morgan fingerprint density at radius 2 is 1.64 bits per heavy atom. The van der Waals surface area contributed by atoms with E-state index in [-0.39, 0.29) is 12.5 Å². The molecule has 3 aromatic rings. The molecule has 0 atom stereocenters. The Morgan fingerprint density at radius 3 is 2.39 bits per heavy atom. The summed E-state index contributed by atoms with van der Waals surface area (Å²) < 4.78 is 7.29. The average Bonchev–Trinajstić information content (AvgIpc) is 2.76. The van der Waals surface area contributed by atoms with Crippen molar-refractivity contribution >= 4 is 17.3 Å². The van der Waals surface area contributed by atoms with Gasteiger partial charge in [-0.25, -0.2) is 0 Å². The van der Waals surface area contributed by atoms with Gasteiger partial charge in [0.2, 0.25) is 6.54 Å². The van der Waals surface area contributed by atoms with Crippen molar-refractivity contribution in [2.45, 2.75) is 6.54 Å². The van der Waals surface area contributed by atoms with E-state index in [2.05, 4.69) is 22.3 Å². The van der Waals surface area contributed by atoms with Gasteiger partial charge in [-0.15, -0.1) is 0 Å². The SMILES string of the molecule is O=C(C[n+]1cccc(-c2ccccc2)c1)Nc1ccc(N2CCOCC2)cc1. The molecule has 1 N–H and O–H groups in total. The van der Waals surface area contributed by atoms with E-state index in [0.717, 1.165) is 48.8 Å². The molecule has 1 aromatic heterocycles. The quantitative estimate of drug-likeness (QED) is 0.698. The Morgan fingerprint density at radius 1 is 0.929 bits per heavy atom. The second kappa shape index (κ2) is 8.67. The lowest BCUT2D eigenvalue weighted by Gasteiger charge is -2.28. The van der Waals surface area contributed by atoms with Crippen molar-refractivity contribution < 1.29 is 14.1 Å². The smallest absolute Gasteiger partial charge is 0.290 e. The van der Waals surface area contributed by atoms with Gasteiger partial charge < -0.3 is 15.0 Å². The van der Waals surface area contributed by atoms with Crippen LogP contribution in [0.3, 0.4) is 0 Å². The van der Waals surface area contributed by atoms with Crippen LogP contribution in [0.5, 0.6) is 0 Å². The third-order valence-corrected chi connectivity index (χ3v) is 4.82. The third kappa shape index (κ3) is 4.56. The molecule has 0 aliphatic carbocycles. The van der Waals surface area contributed by atoms with Crippen molar-refractivity contribution in [3.63, 3.8) is 0 Å². The first-order valence-corrected chi connectivity index (χ1v) is 9.55. The number of hydrogen-bond donors (Lipinski definition) is 1. The van der Waals surface area contributed by atoms with Gasteiger partial charge in [0, 0.05) is 36.1 Å². The number of carbonyl (C=O) groups excluding carboxylic acids is 1. The van der Waals surface area contributed by atoms with E-state index in [9.17, 15) is 4.79 Å². The lowest BCUT2D eigenvalue weighted by molar-refractivity contribution is -0.683. The number of pyridine rings is 1. The van der Waals surface area contributed by atoms with E-state index in [4.69, 9.17) is 4.74 Å².